The summed E-state index contributed by atoms with van der Waals surface area (Å²) < 4.78 is 36.2. The van der Waals surface area contributed by atoms with Crippen LogP contribution in [-0.4, -0.2) is 130 Å². The highest BCUT2D eigenvalue weighted by molar-refractivity contribution is 5.89. The monoisotopic (exact) mass is 617 g/mol. The molecular formula is C33H47NO10. The summed E-state index contributed by atoms with van der Waals surface area (Å²) in [5.74, 6) is -1.27. The maximum atomic E-state index is 13.7. The number of hydrogen-bond donors (Lipinski definition) is 3. The van der Waals surface area contributed by atoms with Crippen molar-refractivity contribution in [3.8, 4) is 5.75 Å². The van der Waals surface area contributed by atoms with Gasteiger partial charge in [0.2, 0.25) is 0 Å². The van der Waals surface area contributed by atoms with Gasteiger partial charge in [-0.25, -0.2) is 4.79 Å². The third kappa shape index (κ3) is 3.53. The lowest BCUT2D eigenvalue weighted by molar-refractivity contribution is -0.285. The minimum atomic E-state index is -1.63. The first-order chi connectivity index (χ1) is 21.1. The van der Waals surface area contributed by atoms with Crippen LogP contribution in [0.4, 0.5) is 0 Å². The van der Waals surface area contributed by atoms with E-state index in [0.29, 0.717) is 30.9 Å². The number of carbonyl (C=O) groups is 1. The first kappa shape index (κ1) is 30.8. The molecule has 5 aliphatic carbocycles. The van der Waals surface area contributed by atoms with Gasteiger partial charge in [0, 0.05) is 81.9 Å². The van der Waals surface area contributed by atoms with Gasteiger partial charge in [-0.15, -0.1) is 0 Å². The molecule has 11 heteroatoms. The zero-order valence-corrected chi connectivity index (χ0v) is 26.4. The van der Waals surface area contributed by atoms with E-state index in [1.165, 1.54) is 7.11 Å². The highest BCUT2D eigenvalue weighted by Gasteiger charge is 2.87. The Balaban J connectivity index is 1.41. The van der Waals surface area contributed by atoms with Crippen LogP contribution in [0.3, 0.4) is 0 Å². The normalized spacial score (nSPS) is 50.0. The van der Waals surface area contributed by atoms with Gasteiger partial charge in [0.05, 0.1) is 43.7 Å². The number of methoxy groups -OCH3 is 5. The van der Waals surface area contributed by atoms with Gasteiger partial charge >= 0.3 is 5.97 Å². The lowest BCUT2D eigenvalue weighted by Crippen LogP contribution is -2.77. The van der Waals surface area contributed by atoms with Crippen molar-refractivity contribution in [2.45, 2.75) is 68.0 Å². The molecule has 4 unspecified atom stereocenters. The SMILES string of the molecule is CCN1C[C@]2(COC)[C@H](O)CC(OC)C34C1C([C@H]1[C@@H](O)[C@H](OC)[C@]5(O)C[C@H]3[C@@H]1[C@H]5OC(=O)c1ccc(OC)cc1)[C@H](OC)[C@@H]42. The number of rotatable bonds is 9. The number of ether oxygens (including phenoxy) is 6. The van der Waals surface area contributed by atoms with Gasteiger partial charge in [0.15, 0.2) is 0 Å². The molecule has 0 aromatic heterocycles. The predicted octanol–water partition coefficient (Wildman–Crippen LogP) is 0.971. The number of aliphatic hydroxyl groups excluding tert-OH is 2. The molecule has 44 heavy (non-hydrogen) atoms. The second kappa shape index (κ2) is 10.6. The Labute approximate surface area is 258 Å². The molecular weight excluding hydrogens is 570 g/mol. The van der Waals surface area contributed by atoms with E-state index in [-0.39, 0.29) is 48.3 Å². The van der Waals surface area contributed by atoms with Crippen molar-refractivity contribution in [2.24, 2.45) is 40.4 Å². The zero-order valence-electron chi connectivity index (χ0n) is 26.4. The Hall–Kier alpha value is -1.83. The maximum Gasteiger partial charge on any atom is 0.338 e. The minimum Gasteiger partial charge on any atom is -0.497 e. The van der Waals surface area contributed by atoms with Crippen LogP contribution in [0, 0.1) is 40.4 Å². The Morgan fingerprint density at radius 2 is 1.70 bits per heavy atom. The second-order valence-electron chi connectivity index (χ2n) is 14.1. The quantitative estimate of drug-likeness (QED) is 0.342. The van der Waals surface area contributed by atoms with Crippen LogP contribution in [0.25, 0.3) is 0 Å². The van der Waals surface area contributed by atoms with E-state index < -0.39 is 52.7 Å². The molecule has 1 aromatic rings. The van der Waals surface area contributed by atoms with Crippen molar-refractivity contribution >= 4 is 5.97 Å². The van der Waals surface area contributed by atoms with E-state index >= 15 is 0 Å². The lowest BCUT2D eigenvalue weighted by Gasteiger charge is -2.69. The summed E-state index contributed by atoms with van der Waals surface area (Å²) in [6, 6.07) is 6.66. The molecule has 244 valence electrons. The van der Waals surface area contributed by atoms with Gasteiger partial charge in [-0.1, -0.05) is 6.92 Å². The molecule has 15 atom stereocenters. The molecule has 1 aliphatic heterocycles. The number of esters is 1. The average molecular weight is 618 g/mol. The Kier molecular flexibility index (Phi) is 7.42. The Morgan fingerprint density at radius 3 is 2.30 bits per heavy atom. The third-order valence-corrected chi connectivity index (χ3v) is 13.1. The number of likely N-dealkylation sites (tertiary alicyclic amines) is 1. The number of hydrogen-bond acceptors (Lipinski definition) is 11. The fraction of sp³-hybridized carbons (Fsp3) is 0.788. The Morgan fingerprint density at radius 1 is 0.977 bits per heavy atom. The predicted molar refractivity (Wildman–Crippen MR) is 156 cm³/mol. The smallest absolute Gasteiger partial charge is 0.338 e. The largest absolute Gasteiger partial charge is 0.497 e. The molecule has 1 heterocycles. The van der Waals surface area contributed by atoms with Gasteiger partial charge in [-0.05, 0) is 43.1 Å². The van der Waals surface area contributed by atoms with Gasteiger partial charge in [0.1, 0.15) is 23.6 Å². The van der Waals surface area contributed by atoms with Crippen LogP contribution >= 0.6 is 0 Å². The minimum absolute atomic E-state index is 0.0401. The molecule has 7 rings (SSSR count). The van der Waals surface area contributed by atoms with Crippen LogP contribution in [0.2, 0.25) is 0 Å². The van der Waals surface area contributed by atoms with Crippen molar-refractivity contribution in [1.82, 2.24) is 4.90 Å². The van der Waals surface area contributed by atoms with E-state index in [1.807, 2.05) is 0 Å². The molecule has 6 fully saturated rings. The molecule has 1 saturated heterocycles. The highest BCUT2D eigenvalue weighted by atomic mass is 16.6. The number of aliphatic hydroxyl groups is 3. The average Bonchev–Trinajstić information content (AvgIpc) is 3.36. The molecule has 0 radical (unpaired) electrons. The van der Waals surface area contributed by atoms with Crippen LogP contribution in [0.5, 0.6) is 5.75 Å². The van der Waals surface area contributed by atoms with Crippen molar-refractivity contribution in [3.63, 3.8) is 0 Å². The van der Waals surface area contributed by atoms with E-state index in [0.717, 1.165) is 6.54 Å². The van der Waals surface area contributed by atoms with Crippen molar-refractivity contribution in [3.05, 3.63) is 29.8 Å². The number of fused-ring (bicyclic) bond motifs is 2. The van der Waals surface area contributed by atoms with Crippen molar-refractivity contribution in [1.29, 1.82) is 0 Å². The molecule has 1 spiro atoms. The van der Waals surface area contributed by atoms with Crippen LogP contribution in [0.1, 0.15) is 30.1 Å². The number of nitrogens with zero attached hydrogens (tertiary/aromatic N) is 1. The molecule has 0 amide bonds. The van der Waals surface area contributed by atoms with Crippen LogP contribution in [-0.2, 0) is 23.7 Å². The van der Waals surface area contributed by atoms with Gasteiger partial charge in [-0.2, -0.15) is 0 Å². The molecule has 11 nitrogen and oxygen atoms in total. The van der Waals surface area contributed by atoms with Crippen LogP contribution < -0.4 is 4.74 Å². The van der Waals surface area contributed by atoms with Crippen molar-refractivity contribution in [2.75, 3.05) is 55.2 Å². The van der Waals surface area contributed by atoms with E-state index in [9.17, 15) is 20.1 Å². The van der Waals surface area contributed by atoms with E-state index in [1.54, 1.807) is 52.7 Å². The van der Waals surface area contributed by atoms with Gasteiger partial charge < -0.3 is 43.7 Å². The van der Waals surface area contributed by atoms with Crippen LogP contribution in [0.15, 0.2) is 24.3 Å². The molecule has 6 aliphatic rings. The number of carbonyl (C=O) groups excluding carboxylic acids is 1. The summed E-state index contributed by atoms with van der Waals surface area (Å²) >= 11 is 0. The summed E-state index contributed by atoms with van der Waals surface area (Å²) in [7, 11) is 8.15. The zero-order chi connectivity index (χ0) is 31.3. The fourth-order valence-corrected chi connectivity index (χ4v) is 12.1. The first-order valence-electron chi connectivity index (χ1n) is 15.9. The van der Waals surface area contributed by atoms with E-state index in [2.05, 4.69) is 11.8 Å². The van der Waals surface area contributed by atoms with Gasteiger partial charge in [-0.3, -0.25) is 4.90 Å². The lowest BCUT2D eigenvalue weighted by atomic mass is 9.43. The fourth-order valence-electron chi connectivity index (χ4n) is 12.1. The summed E-state index contributed by atoms with van der Waals surface area (Å²) in [6.07, 6.45) is -3.60. The number of piperidine rings is 1. The van der Waals surface area contributed by atoms with E-state index in [4.69, 9.17) is 28.4 Å². The second-order valence-corrected chi connectivity index (χ2v) is 14.1. The summed E-state index contributed by atoms with van der Waals surface area (Å²) in [6.45, 7) is 3.84. The number of benzene rings is 1. The maximum absolute atomic E-state index is 13.7. The molecule has 5 saturated carbocycles. The molecule has 3 N–H and O–H groups in total. The topological polar surface area (TPSA) is 136 Å². The molecule has 7 bridgehead atoms. The van der Waals surface area contributed by atoms with Crippen molar-refractivity contribution < 1.29 is 48.5 Å². The Bertz CT molecular complexity index is 1260. The third-order valence-electron chi connectivity index (χ3n) is 13.1. The van der Waals surface area contributed by atoms with Gasteiger partial charge in [0.25, 0.3) is 0 Å². The molecule has 1 aromatic carbocycles. The summed E-state index contributed by atoms with van der Waals surface area (Å²) in [5.41, 5.74) is -2.50. The standard InChI is InChI=1S/C33H47NO10/c1-7-34-14-31(15-39-2)19(35)12-20(41-4)33-18-13-32(38)28(44-30(37)16-8-10-17(40-3)11-9-16)21(18)22(24(36)29(32)43-6)23(27(33)34)25(42-5)26(31)33/h8-11,18-29,35-36,38H,7,12-15H2,1-6H3/t18-,19+,20?,21-,22-,23?,24+,25-,26+,27?,28+,29-,31-,32-,33?/m0/s1. The summed E-state index contributed by atoms with van der Waals surface area (Å²) in [5, 5.41) is 36.6. The first-order valence-corrected chi connectivity index (χ1v) is 15.9. The summed E-state index contributed by atoms with van der Waals surface area (Å²) in [4.78, 5) is 16.1. The highest BCUT2D eigenvalue weighted by Crippen LogP contribution is 2.79.